The van der Waals surface area contributed by atoms with Crippen LogP contribution < -0.4 is 5.32 Å². The van der Waals surface area contributed by atoms with Crippen molar-refractivity contribution in [1.29, 1.82) is 0 Å². The quantitative estimate of drug-likeness (QED) is 0.740. The fraction of sp³-hybridized carbons (Fsp3) is 0.467. The molecule has 0 radical (unpaired) electrons. The lowest BCUT2D eigenvalue weighted by molar-refractivity contribution is -0.134. The van der Waals surface area contributed by atoms with Gasteiger partial charge in [0.1, 0.15) is 0 Å². The molecular weight excluding hydrogens is 292 g/mol. The van der Waals surface area contributed by atoms with Crippen LogP contribution in [0.2, 0.25) is 5.02 Å². The maximum absolute atomic E-state index is 11.7. The minimum atomic E-state index is -0.182. The Bertz CT molecular complexity index is 462. The lowest BCUT2D eigenvalue weighted by Gasteiger charge is -2.20. The van der Waals surface area contributed by atoms with E-state index in [-0.39, 0.29) is 18.4 Å². The third kappa shape index (κ3) is 7.11. The Labute approximate surface area is 130 Å². The molecule has 5 nitrogen and oxygen atoms in total. The zero-order valence-electron chi connectivity index (χ0n) is 12.4. The number of nitrogens with zero attached hydrogens (tertiary/aromatic N) is 1. The van der Waals surface area contributed by atoms with Crippen LogP contribution in [0.3, 0.4) is 0 Å². The molecule has 0 spiro atoms. The normalized spacial score (nSPS) is 10.2. The van der Waals surface area contributed by atoms with E-state index in [1.54, 1.807) is 7.11 Å². The first-order valence-corrected chi connectivity index (χ1v) is 7.16. The van der Waals surface area contributed by atoms with Crippen molar-refractivity contribution in [3.63, 3.8) is 0 Å². The fourth-order valence-electron chi connectivity index (χ4n) is 1.78. The highest BCUT2D eigenvalue weighted by molar-refractivity contribution is 6.30. The molecule has 21 heavy (non-hydrogen) atoms. The molecule has 0 saturated heterocycles. The van der Waals surface area contributed by atoms with Gasteiger partial charge >= 0.3 is 0 Å². The van der Waals surface area contributed by atoms with E-state index in [1.165, 1.54) is 11.8 Å². The second-order valence-electron chi connectivity index (χ2n) is 4.66. The average Bonchev–Trinajstić information content (AvgIpc) is 2.45. The Morgan fingerprint density at radius 2 is 1.95 bits per heavy atom. The Hall–Kier alpha value is -1.59. The van der Waals surface area contributed by atoms with Gasteiger partial charge in [0.15, 0.2) is 0 Å². The zero-order valence-corrected chi connectivity index (χ0v) is 13.2. The number of hydrogen-bond donors (Lipinski definition) is 1. The van der Waals surface area contributed by atoms with Gasteiger partial charge in [-0.3, -0.25) is 9.59 Å². The summed E-state index contributed by atoms with van der Waals surface area (Å²) in [5.74, 6) is -0.302. The number of halogens is 1. The summed E-state index contributed by atoms with van der Waals surface area (Å²) in [4.78, 5) is 24.8. The van der Waals surface area contributed by atoms with Crippen LogP contribution in [0.15, 0.2) is 24.3 Å². The van der Waals surface area contributed by atoms with E-state index < -0.39 is 0 Å². The summed E-state index contributed by atoms with van der Waals surface area (Å²) in [6.45, 7) is 2.92. The Morgan fingerprint density at radius 3 is 2.52 bits per heavy atom. The number of hydrogen-bond acceptors (Lipinski definition) is 3. The van der Waals surface area contributed by atoms with Gasteiger partial charge in [-0.2, -0.15) is 0 Å². The first-order chi connectivity index (χ1) is 10.0. The molecule has 0 aliphatic carbocycles. The molecule has 1 aromatic rings. The molecule has 0 atom stereocenters. The topological polar surface area (TPSA) is 58.6 Å². The molecule has 6 heteroatoms. The minimum absolute atomic E-state index is 0.0621. The first kappa shape index (κ1) is 17.5. The van der Waals surface area contributed by atoms with Gasteiger partial charge in [0, 0.05) is 32.1 Å². The number of nitrogens with one attached hydrogen (secondary N) is 1. The number of carbonyl (C=O) groups is 2. The maximum atomic E-state index is 11.7. The lowest BCUT2D eigenvalue weighted by Crippen LogP contribution is -2.41. The van der Waals surface area contributed by atoms with Gasteiger partial charge in [0.25, 0.3) is 0 Å². The predicted octanol–water partition coefficient (Wildman–Crippen LogP) is 1.49. The van der Waals surface area contributed by atoms with Crippen molar-refractivity contribution < 1.29 is 14.3 Å². The SMILES string of the molecule is COCCNC(=O)CN(CCc1ccc(Cl)cc1)C(C)=O. The Balaban J connectivity index is 2.44. The highest BCUT2D eigenvalue weighted by Gasteiger charge is 2.13. The molecule has 0 bridgehead atoms. The van der Waals surface area contributed by atoms with Crippen molar-refractivity contribution in [3.8, 4) is 0 Å². The number of methoxy groups -OCH3 is 1. The van der Waals surface area contributed by atoms with Crippen LogP contribution in [0.5, 0.6) is 0 Å². The van der Waals surface area contributed by atoms with E-state index in [0.29, 0.717) is 31.1 Å². The van der Waals surface area contributed by atoms with Crippen molar-refractivity contribution in [2.45, 2.75) is 13.3 Å². The molecule has 0 aromatic heterocycles. The first-order valence-electron chi connectivity index (χ1n) is 6.78. The minimum Gasteiger partial charge on any atom is -0.383 e. The molecule has 0 unspecified atom stereocenters. The number of amides is 2. The smallest absolute Gasteiger partial charge is 0.239 e. The second kappa shape index (κ2) is 9.37. The number of ether oxygens (including phenoxy) is 1. The van der Waals surface area contributed by atoms with E-state index >= 15 is 0 Å². The van der Waals surface area contributed by atoms with E-state index in [0.717, 1.165) is 5.56 Å². The molecule has 0 aliphatic rings. The van der Waals surface area contributed by atoms with Gasteiger partial charge in [0.05, 0.1) is 13.2 Å². The van der Waals surface area contributed by atoms with Gasteiger partial charge in [0.2, 0.25) is 11.8 Å². The van der Waals surface area contributed by atoms with Crippen LogP contribution in [0, 0.1) is 0 Å². The molecular formula is C15H21ClN2O3. The lowest BCUT2D eigenvalue weighted by atomic mass is 10.1. The zero-order chi connectivity index (χ0) is 15.7. The van der Waals surface area contributed by atoms with Crippen molar-refractivity contribution >= 4 is 23.4 Å². The molecule has 1 aromatic carbocycles. The van der Waals surface area contributed by atoms with Gasteiger partial charge in [-0.15, -0.1) is 0 Å². The van der Waals surface area contributed by atoms with Gasteiger partial charge < -0.3 is 15.0 Å². The molecule has 0 aliphatic heterocycles. The van der Waals surface area contributed by atoms with Crippen molar-refractivity contribution in [1.82, 2.24) is 10.2 Å². The molecule has 0 fully saturated rings. The summed E-state index contributed by atoms with van der Waals surface area (Å²) in [6, 6.07) is 7.46. The third-order valence-electron chi connectivity index (χ3n) is 2.99. The van der Waals surface area contributed by atoms with Crippen LogP contribution in [-0.2, 0) is 20.7 Å². The number of benzene rings is 1. The Kier molecular flexibility index (Phi) is 7.79. The van der Waals surface area contributed by atoms with E-state index in [4.69, 9.17) is 16.3 Å². The van der Waals surface area contributed by atoms with Gasteiger partial charge in [-0.05, 0) is 24.1 Å². The third-order valence-corrected chi connectivity index (χ3v) is 3.24. The summed E-state index contributed by atoms with van der Waals surface area (Å²) >= 11 is 5.83. The molecule has 1 N–H and O–H groups in total. The van der Waals surface area contributed by atoms with Crippen LogP contribution in [0.4, 0.5) is 0 Å². The van der Waals surface area contributed by atoms with E-state index in [9.17, 15) is 9.59 Å². The van der Waals surface area contributed by atoms with E-state index in [1.807, 2.05) is 24.3 Å². The van der Waals surface area contributed by atoms with Crippen LogP contribution in [0.1, 0.15) is 12.5 Å². The molecule has 1 rings (SSSR count). The summed E-state index contributed by atoms with van der Waals surface area (Å²) in [7, 11) is 1.57. The van der Waals surface area contributed by atoms with Gasteiger partial charge in [-0.25, -0.2) is 0 Å². The molecule has 116 valence electrons. The van der Waals surface area contributed by atoms with Crippen molar-refractivity contribution in [2.75, 3.05) is 33.4 Å². The average molecular weight is 313 g/mol. The van der Waals surface area contributed by atoms with Crippen LogP contribution in [-0.4, -0.2) is 50.1 Å². The number of rotatable bonds is 8. The predicted molar refractivity (Wildman–Crippen MR) is 82.3 cm³/mol. The van der Waals surface area contributed by atoms with Crippen LogP contribution >= 0.6 is 11.6 Å². The monoisotopic (exact) mass is 312 g/mol. The summed E-state index contributed by atoms with van der Waals surface area (Å²) < 4.78 is 4.85. The van der Waals surface area contributed by atoms with Crippen LogP contribution in [0.25, 0.3) is 0 Å². The summed E-state index contributed by atoms with van der Waals surface area (Å²) in [5, 5.41) is 3.38. The fourth-order valence-corrected chi connectivity index (χ4v) is 1.91. The molecule has 2 amide bonds. The summed E-state index contributed by atoms with van der Waals surface area (Å²) in [5.41, 5.74) is 1.07. The highest BCUT2D eigenvalue weighted by Crippen LogP contribution is 2.10. The second-order valence-corrected chi connectivity index (χ2v) is 5.10. The standard InChI is InChI=1S/C15H21ClN2O3/c1-12(19)18(11-15(20)17-8-10-21-2)9-7-13-3-5-14(16)6-4-13/h3-6H,7-11H2,1-2H3,(H,17,20). The molecule has 0 saturated carbocycles. The maximum Gasteiger partial charge on any atom is 0.239 e. The van der Waals surface area contributed by atoms with Crippen molar-refractivity contribution in [3.05, 3.63) is 34.9 Å². The highest BCUT2D eigenvalue weighted by atomic mass is 35.5. The van der Waals surface area contributed by atoms with Gasteiger partial charge in [-0.1, -0.05) is 23.7 Å². The van der Waals surface area contributed by atoms with E-state index in [2.05, 4.69) is 5.32 Å². The Morgan fingerprint density at radius 1 is 1.29 bits per heavy atom. The largest absolute Gasteiger partial charge is 0.383 e. The summed E-state index contributed by atoms with van der Waals surface area (Å²) in [6.07, 6.45) is 0.683. The molecule has 0 heterocycles. The van der Waals surface area contributed by atoms with Crippen molar-refractivity contribution in [2.24, 2.45) is 0 Å². The number of carbonyl (C=O) groups excluding carboxylic acids is 2.